The van der Waals surface area contributed by atoms with Crippen molar-refractivity contribution in [2.45, 2.75) is 44.0 Å². The van der Waals surface area contributed by atoms with Crippen LogP contribution in [-0.4, -0.2) is 59.4 Å². The molecule has 8 heteroatoms. The van der Waals surface area contributed by atoms with Crippen LogP contribution in [0, 0.1) is 0 Å². The highest BCUT2D eigenvalue weighted by Crippen LogP contribution is 2.34. The van der Waals surface area contributed by atoms with Crippen molar-refractivity contribution in [3.8, 4) is 17.2 Å². The van der Waals surface area contributed by atoms with Crippen LogP contribution < -0.4 is 14.2 Å². The van der Waals surface area contributed by atoms with E-state index in [0.29, 0.717) is 36.7 Å². The quantitative estimate of drug-likeness (QED) is 0.511. The summed E-state index contributed by atoms with van der Waals surface area (Å²) < 4.78 is 22.5. The van der Waals surface area contributed by atoms with Crippen LogP contribution >= 0.6 is 0 Å². The number of rotatable bonds is 10. The summed E-state index contributed by atoms with van der Waals surface area (Å²) in [6.45, 7) is 0.938. The summed E-state index contributed by atoms with van der Waals surface area (Å²) in [7, 11) is 0. The molecule has 8 nitrogen and oxygen atoms in total. The van der Waals surface area contributed by atoms with Gasteiger partial charge in [0.05, 0.1) is 13.2 Å². The third-order valence-corrected chi connectivity index (χ3v) is 5.77. The minimum atomic E-state index is -1.18. The molecule has 0 amide bonds. The first kappa shape index (κ1) is 22.4. The summed E-state index contributed by atoms with van der Waals surface area (Å²) >= 11 is 0. The Morgan fingerprint density at radius 3 is 2.66 bits per heavy atom. The van der Waals surface area contributed by atoms with Crippen molar-refractivity contribution in [1.29, 1.82) is 0 Å². The molecule has 2 aliphatic heterocycles. The number of aliphatic hydroxyl groups excluding tert-OH is 2. The van der Waals surface area contributed by atoms with Crippen LogP contribution in [0.3, 0.4) is 0 Å². The lowest BCUT2D eigenvalue weighted by Crippen LogP contribution is -2.40. The molecule has 0 spiro atoms. The second kappa shape index (κ2) is 9.77. The summed E-state index contributed by atoms with van der Waals surface area (Å²) in [5.74, 6) is 0.875. The molecular weight excluding hydrogens is 416 g/mol. The number of aliphatic hydroxyl groups is 2. The lowest BCUT2D eigenvalue weighted by atomic mass is 9.91. The number of hydrogen-bond acceptors (Lipinski definition) is 7. The van der Waals surface area contributed by atoms with Gasteiger partial charge in [0.25, 0.3) is 0 Å². The Balaban J connectivity index is 1.30. The van der Waals surface area contributed by atoms with E-state index >= 15 is 0 Å². The van der Waals surface area contributed by atoms with Gasteiger partial charge in [0, 0.05) is 30.6 Å². The number of carbonyl (C=O) groups is 1. The molecule has 2 unspecified atom stereocenters. The fourth-order valence-corrected chi connectivity index (χ4v) is 4.15. The molecule has 0 bridgehead atoms. The highest BCUT2D eigenvalue weighted by atomic mass is 16.5. The first-order valence-corrected chi connectivity index (χ1v) is 10.8. The van der Waals surface area contributed by atoms with E-state index in [9.17, 15) is 20.1 Å². The predicted octanol–water partition coefficient (Wildman–Crippen LogP) is 2.11. The Morgan fingerprint density at radius 1 is 1.12 bits per heavy atom. The number of hydrogen-bond donors (Lipinski definition) is 3. The topological polar surface area (TPSA) is 115 Å². The molecule has 2 aromatic rings. The number of fused-ring (bicyclic) bond motifs is 1. The highest BCUT2D eigenvalue weighted by molar-refractivity contribution is 5.78. The molecule has 1 fully saturated rings. The van der Waals surface area contributed by atoms with Crippen molar-refractivity contribution in [3.05, 3.63) is 53.1 Å². The van der Waals surface area contributed by atoms with E-state index in [0.717, 1.165) is 29.7 Å². The van der Waals surface area contributed by atoms with Crippen molar-refractivity contribution >= 4 is 5.97 Å². The van der Waals surface area contributed by atoms with Crippen molar-refractivity contribution < 1.29 is 39.1 Å². The Kier molecular flexibility index (Phi) is 6.83. The monoisotopic (exact) mass is 444 g/mol. The molecular formula is C24H28O8. The number of aliphatic carboxylic acids is 1. The van der Waals surface area contributed by atoms with E-state index in [-0.39, 0.29) is 26.2 Å². The Labute approximate surface area is 186 Å². The fraction of sp³-hybridized carbons (Fsp3) is 0.458. The third-order valence-electron chi connectivity index (χ3n) is 5.77. The van der Waals surface area contributed by atoms with Gasteiger partial charge in [-0.3, -0.25) is 0 Å². The Bertz CT molecular complexity index is 951. The lowest BCUT2D eigenvalue weighted by Gasteiger charge is -2.23. The van der Waals surface area contributed by atoms with E-state index in [2.05, 4.69) is 0 Å². The van der Waals surface area contributed by atoms with Crippen LogP contribution in [0.5, 0.6) is 17.2 Å². The lowest BCUT2D eigenvalue weighted by molar-refractivity contribution is -0.159. The fourth-order valence-electron chi connectivity index (χ4n) is 4.15. The van der Waals surface area contributed by atoms with E-state index in [1.165, 1.54) is 0 Å². The van der Waals surface area contributed by atoms with Gasteiger partial charge in [0.2, 0.25) is 0 Å². The van der Waals surface area contributed by atoms with Crippen LogP contribution in [-0.2, 0) is 29.0 Å². The normalized spacial score (nSPS) is 20.4. The van der Waals surface area contributed by atoms with Gasteiger partial charge >= 0.3 is 5.97 Å². The second-order valence-electron chi connectivity index (χ2n) is 8.18. The zero-order valence-corrected chi connectivity index (χ0v) is 17.8. The molecule has 0 aromatic heterocycles. The maximum atomic E-state index is 11.7. The molecule has 1 saturated heterocycles. The second-order valence-corrected chi connectivity index (χ2v) is 8.18. The minimum Gasteiger partial charge on any atom is -0.493 e. The highest BCUT2D eigenvalue weighted by Gasteiger charge is 2.42. The molecule has 0 radical (unpaired) electrons. The van der Waals surface area contributed by atoms with Gasteiger partial charge in [-0.05, 0) is 42.7 Å². The van der Waals surface area contributed by atoms with Gasteiger partial charge in [-0.1, -0.05) is 12.1 Å². The van der Waals surface area contributed by atoms with Gasteiger partial charge in [-0.2, -0.15) is 0 Å². The number of carboxylic acids is 1. The van der Waals surface area contributed by atoms with Gasteiger partial charge in [-0.15, -0.1) is 0 Å². The molecule has 3 N–H and O–H groups in total. The van der Waals surface area contributed by atoms with Crippen LogP contribution in [0.25, 0.3) is 0 Å². The molecule has 2 aliphatic rings. The summed E-state index contributed by atoms with van der Waals surface area (Å²) in [5.41, 5.74) is 1.28. The van der Waals surface area contributed by atoms with E-state index in [4.69, 9.17) is 18.9 Å². The summed E-state index contributed by atoms with van der Waals surface area (Å²) in [6, 6.07) is 10.7. The standard InChI is InChI=1S/C24H28O8/c25-13-18-11-21(10-17-5-8-29-22(17)18)31-15-19(26)14-30-20-4-1-3-16(9-20)12-24(23(27)28)6-2-7-32-24/h1,3-4,9-11,19,25-26H,2,5-8,12-15H2,(H,27,28). The smallest absolute Gasteiger partial charge is 0.336 e. The van der Waals surface area contributed by atoms with Gasteiger partial charge < -0.3 is 34.3 Å². The summed E-state index contributed by atoms with van der Waals surface area (Å²) in [5, 5.41) is 29.4. The zero-order chi connectivity index (χ0) is 22.6. The minimum absolute atomic E-state index is 0.0188. The van der Waals surface area contributed by atoms with Crippen LogP contribution in [0.2, 0.25) is 0 Å². The number of carboxylic acid groups (broad SMARTS) is 1. The first-order chi connectivity index (χ1) is 15.5. The van der Waals surface area contributed by atoms with Gasteiger partial charge in [-0.25, -0.2) is 4.79 Å². The van der Waals surface area contributed by atoms with Crippen LogP contribution in [0.4, 0.5) is 0 Å². The molecule has 2 aromatic carbocycles. The van der Waals surface area contributed by atoms with E-state index in [1.807, 2.05) is 12.1 Å². The molecule has 0 saturated carbocycles. The molecule has 0 aliphatic carbocycles. The van der Waals surface area contributed by atoms with E-state index < -0.39 is 17.7 Å². The predicted molar refractivity (Wildman–Crippen MR) is 114 cm³/mol. The van der Waals surface area contributed by atoms with Crippen molar-refractivity contribution in [3.63, 3.8) is 0 Å². The van der Waals surface area contributed by atoms with Crippen LogP contribution in [0.15, 0.2) is 36.4 Å². The van der Waals surface area contributed by atoms with Gasteiger partial charge in [0.1, 0.15) is 36.6 Å². The molecule has 4 rings (SSSR count). The van der Waals surface area contributed by atoms with Gasteiger partial charge in [0.15, 0.2) is 5.60 Å². The SMILES string of the molecule is O=C(O)C1(Cc2cccc(OCC(O)COc3cc(CO)c4c(c3)CCO4)c2)CCCO1. The average molecular weight is 444 g/mol. The first-order valence-electron chi connectivity index (χ1n) is 10.8. The summed E-state index contributed by atoms with van der Waals surface area (Å²) in [6.07, 6.45) is 1.36. The molecule has 172 valence electrons. The summed E-state index contributed by atoms with van der Waals surface area (Å²) in [4.78, 5) is 11.7. The van der Waals surface area contributed by atoms with Crippen molar-refractivity contribution in [1.82, 2.24) is 0 Å². The Hall–Kier alpha value is -2.81. The number of benzene rings is 2. The molecule has 2 atom stereocenters. The van der Waals surface area contributed by atoms with Crippen molar-refractivity contribution in [2.24, 2.45) is 0 Å². The molecule has 32 heavy (non-hydrogen) atoms. The van der Waals surface area contributed by atoms with E-state index in [1.54, 1.807) is 24.3 Å². The Morgan fingerprint density at radius 2 is 1.94 bits per heavy atom. The van der Waals surface area contributed by atoms with Crippen molar-refractivity contribution in [2.75, 3.05) is 26.4 Å². The maximum absolute atomic E-state index is 11.7. The number of ether oxygens (including phenoxy) is 4. The van der Waals surface area contributed by atoms with Crippen LogP contribution in [0.1, 0.15) is 29.5 Å². The largest absolute Gasteiger partial charge is 0.493 e. The average Bonchev–Trinajstić information content (AvgIpc) is 3.46. The zero-order valence-electron chi connectivity index (χ0n) is 17.8. The maximum Gasteiger partial charge on any atom is 0.336 e. The molecule has 2 heterocycles. The third kappa shape index (κ3) is 4.98.